The third-order valence-corrected chi connectivity index (χ3v) is 5.71. The smallest absolute Gasteiger partial charge is 0.261 e. The fourth-order valence-corrected chi connectivity index (χ4v) is 4.13. The van der Waals surface area contributed by atoms with Crippen LogP contribution < -0.4 is 5.56 Å². The number of aromatic amines is 1. The number of fused-ring (bicyclic) bond motifs is 1. The fraction of sp³-hybridized carbons (Fsp3) is 0.526. The number of carbonyl (C=O) groups is 1. The minimum atomic E-state index is -0.629. The molecule has 0 radical (unpaired) electrons. The van der Waals surface area contributed by atoms with Gasteiger partial charge in [0.1, 0.15) is 17.5 Å². The second kappa shape index (κ2) is 6.72. The normalized spacial score (nSPS) is 18.8. The molecule has 1 atom stereocenters. The van der Waals surface area contributed by atoms with Gasteiger partial charge in [0.15, 0.2) is 0 Å². The van der Waals surface area contributed by atoms with Crippen LogP contribution in [0, 0.1) is 5.92 Å². The largest absolute Gasteiger partial charge is 0.385 e. The van der Waals surface area contributed by atoms with E-state index in [2.05, 4.69) is 9.97 Å². The molecule has 2 aromatic rings. The highest BCUT2D eigenvalue weighted by Gasteiger charge is 2.31. The number of piperidine rings is 1. The Kier molecular flexibility index (Phi) is 4.40. The molecule has 7 nitrogen and oxygen atoms in total. The lowest BCUT2D eigenvalue weighted by Crippen LogP contribution is -2.42. The Morgan fingerprint density at radius 1 is 1.35 bits per heavy atom. The minimum absolute atomic E-state index is 0.0680. The molecular weight excluding hydrogens is 332 g/mol. The molecule has 7 heteroatoms. The Balaban J connectivity index is 1.44. The Labute approximate surface area is 151 Å². The van der Waals surface area contributed by atoms with Crippen molar-refractivity contribution >= 4 is 5.91 Å². The number of pyridine rings is 1. The maximum atomic E-state index is 12.8. The summed E-state index contributed by atoms with van der Waals surface area (Å²) < 4.78 is 1.83. The second-order valence-corrected chi connectivity index (χ2v) is 7.34. The summed E-state index contributed by atoms with van der Waals surface area (Å²) >= 11 is 0. The molecule has 1 amide bonds. The lowest BCUT2D eigenvalue weighted by atomic mass is 9.90. The lowest BCUT2D eigenvalue weighted by Gasteiger charge is -2.34. The van der Waals surface area contributed by atoms with E-state index in [1.807, 2.05) is 17.8 Å². The average molecular weight is 356 g/mol. The van der Waals surface area contributed by atoms with Crippen molar-refractivity contribution in [2.45, 2.75) is 38.2 Å². The Morgan fingerprint density at radius 2 is 2.12 bits per heavy atom. The number of rotatable bonds is 3. The zero-order valence-corrected chi connectivity index (χ0v) is 14.9. The molecule has 1 saturated heterocycles. The van der Waals surface area contributed by atoms with Crippen molar-refractivity contribution in [3.8, 4) is 0 Å². The number of amides is 1. The predicted molar refractivity (Wildman–Crippen MR) is 95.9 cm³/mol. The number of hydrogen-bond donors (Lipinski definition) is 2. The van der Waals surface area contributed by atoms with Crippen LogP contribution in [0.4, 0.5) is 0 Å². The topological polar surface area (TPSA) is 91.2 Å². The molecule has 2 N–H and O–H groups in total. The van der Waals surface area contributed by atoms with Crippen LogP contribution in [0.5, 0.6) is 0 Å². The van der Waals surface area contributed by atoms with Crippen LogP contribution in [0.1, 0.15) is 52.8 Å². The standard InChI is InChI=1S/C19H24N4O3/c1-22-10-7-20-17(22)16(24)12-5-8-23(9-6-12)19(26)14-11-13-3-2-4-15(13)21-18(14)25/h7,10-12,16,24H,2-6,8-9H2,1H3,(H,21,25)/t16-/m0/s1. The van der Waals surface area contributed by atoms with Gasteiger partial charge in [-0.25, -0.2) is 4.98 Å². The number of aryl methyl sites for hydroxylation is 3. The van der Waals surface area contributed by atoms with Crippen molar-refractivity contribution in [1.29, 1.82) is 0 Å². The first-order valence-corrected chi connectivity index (χ1v) is 9.24. The quantitative estimate of drug-likeness (QED) is 0.864. The van der Waals surface area contributed by atoms with Crippen LogP contribution in [0.2, 0.25) is 0 Å². The van der Waals surface area contributed by atoms with Gasteiger partial charge in [-0.05, 0) is 49.7 Å². The highest BCUT2D eigenvalue weighted by Crippen LogP contribution is 2.30. The van der Waals surface area contributed by atoms with Crippen LogP contribution >= 0.6 is 0 Å². The third-order valence-electron chi connectivity index (χ3n) is 5.71. The molecule has 0 saturated carbocycles. The van der Waals surface area contributed by atoms with Crippen LogP contribution in [0.3, 0.4) is 0 Å². The summed E-state index contributed by atoms with van der Waals surface area (Å²) in [5.74, 6) is 0.522. The first-order chi connectivity index (χ1) is 12.5. The van der Waals surface area contributed by atoms with Crippen molar-refractivity contribution in [2.24, 2.45) is 13.0 Å². The van der Waals surface area contributed by atoms with E-state index < -0.39 is 6.10 Å². The van der Waals surface area contributed by atoms with Gasteiger partial charge in [-0.3, -0.25) is 9.59 Å². The molecule has 0 unspecified atom stereocenters. The van der Waals surface area contributed by atoms with E-state index in [1.54, 1.807) is 17.2 Å². The summed E-state index contributed by atoms with van der Waals surface area (Å²) in [6.45, 7) is 1.09. The SMILES string of the molecule is Cn1ccnc1[C@@H](O)C1CCN(C(=O)c2cc3c([nH]c2=O)CCC3)CC1. The van der Waals surface area contributed by atoms with Crippen molar-refractivity contribution in [2.75, 3.05) is 13.1 Å². The van der Waals surface area contributed by atoms with Gasteiger partial charge in [-0.15, -0.1) is 0 Å². The maximum absolute atomic E-state index is 12.8. The van der Waals surface area contributed by atoms with Gasteiger partial charge in [-0.1, -0.05) is 0 Å². The van der Waals surface area contributed by atoms with Crippen molar-refractivity contribution < 1.29 is 9.90 Å². The Morgan fingerprint density at radius 3 is 2.81 bits per heavy atom. The van der Waals surface area contributed by atoms with Crippen LogP contribution in [0.15, 0.2) is 23.3 Å². The number of aliphatic hydroxyl groups excluding tert-OH is 1. The number of likely N-dealkylation sites (tertiary alicyclic amines) is 1. The van der Waals surface area contributed by atoms with E-state index >= 15 is 0 Å². The lowest BCUT2D eigenvalue weighted by molar-refractivity contribution is 0.0419. The maximum Gasteiger partial charge on any atom is 0.261 e. The molecule has 4 rings (SSSR count). The number of imidazole rings is 1. The van der Waals surface area contributed by atoms with Gasteiger partial charge >= 0.3 is 0 Å². The van der Waals surface area contributed by atoms with Crippen LogP contribution in [0.25, 0.3) is 0 Å². The highest BCUT2D eigenvalue weighted by molar-refractivity contribution is 5.94. The van der Waals surface area contributed by atoms with E-state index in [1.165, 1.54) is 0 Å². The van der Waals surface area contributed by atoms with Gasteiger partial charge in [0.25, 0.3) is 11.5 Å². The van der Waals surface area contributed by atoms with Gasteiger partial charge in [0.05, 0.1) is 0 Å². The third kappa shape index (κ3) is 2.96. The van der Waals surface area contributed by atoms with Crippen molar-refractivity contribution in [3.05, 3.63) is 51.5 Å². The first-order valence-electron chi connectivity index (χ1n) is 9.24. The number of aromatic nitrogens is 3. The molecule has 3 heterocycles. The minimum Gasteiger partial charge on any atom is -0.385 e. The van der Waals surface area contributed by atoms with E-state index in [0.717, 1.165) is 30.5 Å². The summed E-state index contributed by atoms with van der Waals surface area (Å²) in [5.41, 5.74) is 2.02. The molecule has 26 heavy (non-hydrogen) atoms. The zero-order valence-electron chi connectivity index (χ0n) is 14.9. The van der Waals surface area contributed by atoms with E-state index in [0.29, 0.717) is 31.8 Å². The first kappa shape index (κ1) is 17.0. The number of nitrogens with one attached hydrogen (secondary N) is 1. The molecule has 1 aliphatic heterocycles. The number of hydrogen-bond acceptors (Lipinski definition) is 4. The molecule has 138 valence electrons. The summed E-state index contributed by atoms with van der Waals surface area (Å²) in [5, 5.41) is 10.6. The second-order valence-electron chi connectivity index (χ2n) is 7.34. The molecule has 1 aliphatic carbocycles. The van der Waals surface area contributed by atoms with E-state index in [9.17, 15) is 14.7 Å². The average Bonchev–Trinajstić information content (AvgIpc) is 3.28. The van der Waals surface area contributed by atoms with E-state index in [4.69, 9.17) is 0 Å². The van der Waals surface area contributed by atoms with Crippen LogP contribution in [-0.2, 0) is 19.9 Å². The predicted octanol–water partition coefficient (Wildman–Crippen LogP) is 1.18. The highest BCUT2D eigenvalue weighted by atomic mass is 16.3. The molecule has 1 fully saturated rings. The summed E-state index contributed by atoms with van der Waals surface area (Å²) in [6, 6.07) is 1.78. The molecular formula is C19H24N4O3. The summed E-state index contributed by atoms with van der Waals surface area (Å²) in [7, 11) is 1.87. The molecule has 2 aromatic heterocycles. The monoisotopic (exact) mass is 356 g/mol. The molecule has 0 bridgehead atoms. The molecule has 0 spiro atoms. The number of H-pyrrole nitrogens is 1. The van der Waals surface area contributed by atoms with Gasteiger partial charge in [0.2, 0.25) is 0 Å². The van der Waals surface area contributed by atoms with Crippen molar-refractivity contribution in [1.82, 2.24) is 19.4 Å². The number of aliphatic hydroxyl groups is 1. The molecule has 2 aliphatic rings. The number of carbonyl (C=O) groups excluding carboxylic acids is 1. The Bertz CT molecular complexity index is 877. The van der Waals surface area contributed by atoms with Crippen LogP contribution in [-0.4, -0.2) is 43.5 Å². The summed E-state index contributed by atoms with van der Waals surface area (Å²) in [4.78, 5) is 33.9. The Hall–Kier alpha value is -2.41. The van der Waals surface area contributed by atoms with E-state index in [-0.39, 0.29) is 22.9 Å². The fourth-order valence-electron chi connectivity index (χ4n) is 4.13. The number of nitrogens with zero attached hydrogens (tertiary/aromatic N) is 3. The van der Waals surface area contributed by atoms with Gasteiger partial charge in [0, 0.05) is 38.2 Å². The zero-order chi connectivity index (χ0) is 18.3. The summed E-state index contributed by atoms with van der Waals surface area (Å²) in [6.07, 6.45) is 7.09. The van der Waals surface area contributed by atoms with Gasteiger partial charge in [-0.2, -0.15) is 0 Å². The van der Waals surface area contributed by atoms with Gasteiger partial charge < -0.3 is 19.6 Å². The molecule has 0 aromatic carbocycles. The van der Waals surface area contributed by atoms with Crippen molar-refractivity contribution in [3.63, 3.8) is 0 Å².